The van der Waals surface area contributed by atoms with Crippen molar-refractivity contribution in [1.82, 2.24) is 5.32 Å². The fourth-order valence-corrected chi connectivity index (χ4v) is 1.87. The van der Waals surface area contributed by atoms with Crippen molar-refractivity contribution < 1.29 is 4.79 Å². The lowest BCUT2D eigenvalue weighted by Crippen LogP contribution is -2.39. The monoisotopic (exact) mass is 231 g/mol. The molecule has 1 aliphatic heterocycles. The number of aliphatic imine (C=N–C) groups is 1. The maximum Gasteiger partial charge on any atom is 0.290 e. The Morgan fingerprint density at radius 2 is 2.06 bits per heavy atom. The van der Waals surface area contributed by atoms with E-state index in [1.807, 2.05) is 32.0 Å². The lowest BCUT2D eigenvalue weighted by atomic mass is 10.1. The minimum atomic E-state index is -0.151. The van der Waals surface area contributed by atoms with E-state index in [0.717, 1.165) is 36.3 Å². The van der Waals surface area contributed by atoms with Crippen LogP contribution in [0.15, 0.2) is 23.2 Å². The van der Waals surface area contributed by atoms with Crippen LogP contribution in [0.5, 0.6) is 0 Å². The zero-order valence-corrected chi connectivity index (χ0v) is 10.2. The molecule has 0 saturated carbocycles. The number of aryl methyl sites for hydroxylation is 2. The van der Waals surface area contributed by atoms with Gasteiger partial charge in [-0.2, -0.15) is 0 Å². The van der Waals surface area contributed by atoms with E-state index in [4.69, 9.17) is 0 Å². The van der Waals surface area contributed by atoms with Gasteiger partial charge in [0, 0.05) is 18.8 Å². The standard InChI is InChI=1S/C13H17N3O/c1-9-5-3-6-10(2)11(9)16-13(17)12-14-7-4-8-15-12/h3,5-6H,4,7-8H2,1-2H3,(H,14,15)(H,16,17). The predicted octanol–water partition coefficient (Wildman–Crippen LogP) is 1.63. The van der Waals surface area contributed by atoms with E-state index in [-0.39, 0.29) is 5.91 Å². The van der Waals surface area contributed by atoms with Crippen molar-refractivity contribution in [3.63, 3.8) is 0 Å². The molecule has 4 heteroatoms. The molecule has 0 radical (unpaired) electrons. The van der Waals surface area contributed by atoms with E-state index in [2.05, 4.69) is 15.6 Å². The molecule has 1 aliphatic rings. The van der Waals surface area contributed by atoms with Crippen molar-refractivity contribution in [2.24, 2.45) is 4.99 Å². The molecule has 0 unspecified atom stereocenters. The van der Waals surface area contributed by atoms with E-state index in [9.17, 15) is 4.79 Å². The Bertz CT molecular complexity index is 445. The molecule has 17 heavy (non-hydrogen) atoms. The number of rotatable bonds is 2. The molecule has 90 valence electrons. The third-order valence-electron chi connectivity index (χ3n) is 2.83. The first-order valence-electron chi connectivity index (χ1n) is 5.84. The number of benzene rings is 1. The first kappa shape index (κ1) is 11.6. The predicted molar refractivity (Wildman–Crippen MR) is 69.5 cm³/mol. The van der Waals surface area contributed by atoms with Crippen LogP contribution in [0.4, 0.5) is 5.69 Å². The van der Waals surface area contributed by atoms with Gasteiger partial charge >= 0.3 is 0 Å². The first-order valence-corrected chi connectivity index (χ1v) is 5.84. The summed E-state index contributed by atoms with van der Waals surface area (Å²) in [5, 5.41) is 5.93. The van der Waals surface area contributed by atoms with Crippen LogP contribution < -0.4 is 10.6 Å². The van der Waals surface area contributed by atoms with Gasteiger partial charge in [-0.3, -0.25) is 9.79 Å². The molecule has 1 heterocycles. The summed E-state index contributed by atoms with van der Waals surface area (Å²) < 4.78 is 0. The molecular weight excluding hydrogens is 214 g/mol. The minimum absolute atomic E-state index is 0.151. The van der Waals surface area contributed by atoms with Gasteiger partial charge in [-0.15, -0.1) is 0 Å². The lowest BCUT2D eigenvalue weighted by molar-refractivity contribution is -0.110. The van der Waals surface area contributed by atoms with Crippen LogP contribution in [0.1, 0.15) is 17.5 Å². The highest BCUT2D eigenvalue weighted by Crippen LogP contribution is 2.19. The molecule has 2 N–H and O–H groups in total. The number of amides is 1. The van der Waals surface area contributed by atoms with Gasteiger partial charge in [0.25, 0.3) is 5.91 Å². The molecule has 0 aliphatic carbocycles. The topological polar surface area (TPSA) is 53.5 Å². The third-order valence-corrected chi connectivity index (χ3v) is 2.83. The summed E-state index contributed by atoms with van der Waals surface area (Å²) in [6.45, 7) is 5.51. The van der Waals surface area contributed by atoms with Gasteiger partial charge in [-0.1, -0.05) is 18.2 Å². The number of hydrogen-bond donors (Lipinski definition) is 2. The molecule has 0 atom stereocenters. The Balaban J connectivity index is 2.15. The van der Waals surface area contributed by atoms with Gasteiger partial charge in [0.2, 0.25) is 0 Å². The van der Waals surface area contributed by atoms with Crippen LogP contribution in [0.2, 0.25) is 0 Å². The zero-order chi connectivity index (χ0) is 12.3. The normalized spacial score (nSPS) is 14.8. The molecule has 4 nitrogen and oxygen atoms in total. The molecule has 2 rings (SSSR count). The Hall–Kier alpha value is -1.84. The van der Waals surface area contributed by atoms with Crippen molar-refractivity contribution in [2.45, 2.75) is 20.3 Å². The van der Waals surface area contributed by atoms with Gasteiger partial charge in [0.1, 0.15) is 0 Å². The second-order valence-electron chi connectivity index (χ2n) is 4.23. The quantitative estimate of drug-likeness (QED) is 0.813. The van der Waals surface area contributed by atoms with E-state index >= 15 is 0 Å². The lowest BCUT2D eigenvalue weighted by Gasteiger charge is -2.16. The van der Waals surface area contributed by atoms with Crippen LogP contribution in [0.3, 0.4) is 0 Å². The van der Waals surface area contributed by atoms with Gasteiger partial charge in [-0.05, 0) is 31.4 Å². The molecule has 1 aromatic carbocycles. The SMILES string of the molecule is Cc1cccc(C)c1NC(=O)C1=NCCCN1. The Morgan fingerprint density at radius 3 is 2.65 bits per heavy atom. The van der Waals surface area contributed by atoms with Crippen LogP contribution >= 0.6 is 0 Å². The zero-order valence-electron chi connectivity index (χ0n) is 10.2. The highest BCUT2D eigenvalue weighted by atomic mass is 16.2. The second-order valence-corrected chi connectivity index (χ2v) is 4.23. The van der Waals surface area contributed by atoms with Crippen molar-refractivity contribution >= 4 is 17.4 Å². The van der Waals surface area contributed by atoms with Crippen LogP contribution in [0, 0.1) is 13.8 Å². The number of nitrogens with zero attached hydrogens (tertiary/aromatic N) is 1. The number of anilines is 1. The number of carbonyl (C=O) groups is 1. The average molecular weight is 231 g/mol. The summed E-state index contributed by atoms with van der Waals surface area (Å²) in [7, 11) is 0. The summed E-state index contributed by atoms with van der Waals surface area (Å²) in [5.41, 5.74) is 3.01. The molecule has 0 fully saturated rings. The average Bonchev–Trinajstić information content (AvgIpc) is 2.35. The van der Waals surface area contributed by atoms with Crippen molar-refractivity contribution in [3.05, 3.63) is 29.3 Å². The van der Waals surface area contributed by atoms with E-state index in [1.54, 1.807) is 0 Å². The largest absolute Gasteiger partial charge is 0.366 e. The van der Waals surface area contributed by atoms with E-state index < -0.39 is 0 Å². The molecule has 1 aromatic rings. The number of para-hydroxylation sites is 1. The van der Waals surface area contributed by atoms with Gasteiger partial charge in [0.15, 0.2) is 5.84 Å². The summed E-state index contributed by atoms with van der Waals surface area (Å²) in [4.78, 5) is 16.1. The minimum Gasteiger partial charge on any atom is -0.366 e. The molecular formula is C13H17N3O. The number of hydrogen-bond acceptors (Lipinski definition) is 3. The summed E-state index contributed by atoms with van der Waals surface area (Å²) >= 11 is 0. The Morgan fingerprint density at radius 1 is 1.35 bits per heavy atom. The molecule has 0 bridgehead atoms. The van der Waals surface area contributed by atoms with Crippen molar-refractivity contribution in [2.75, 3.05) is 18.4 Å². The van der Waals surface area contributed by atoms with Gasteiger partial charge < -0.3 is 10.6 Å². The maximum absolute atomic E-state index is 12.0. The van der Waals surface area contributed by atoms with Gasteiger partial charge in [-0.25, -0.2) is 0 Å². The number of nitrogens with one attached hydrogen (secondary N) is 2. The third kappa shape index (κ3) is 2.64. The van der Waals surface area contributed by atoms with Crippen LogP contribution in [-0.2, 0) is 4.79 Å². The van der Waals surface area contributed by atoms with Crippen LogP contribution in [0.25, 0.3) is 0 Å². The first-order chi connectivity index (χ1) is 8.18. The van der Waals surface area contributed by atoms with Gasteiger partial charge in [0.05, 0.1) is 0 Å². The molecule has 1 amide bonds. The highest BCUT2D eigenvalue weighted by Gasteiger charge is 2.15. The Kier molecular flexibility index (Phi) is 3.42. The summed E-state index contributed by atoms with van der Waals surface area (Å²) in [6, 6.07) is 5.95. The maximum atomic E-state index is 12.0. The molecule has 0 spiro atoms. The number of amidine groups is 1. The smallest absolute Gasteiger partial charge is 0.290 e. The fraction of sp³-hybridized carbons (Fsp3) is 0.385. The fourth-order valence-electron chi connectivity index (χ4n) is 1.87. The second kappa shape index (κ2) is 4.99. The molecule has 0 saturated heterocycles. The van der Waals surface area contributed by atoms with E-state index in [0.29, 0.717) is 5.84 Å². The molecule has 0 aromatic heterocycles. The summed E-state index contributed by atoms with van der Waals surface area (Å²) in [5.74, 6) is 0.293. The van der Waals surface area contributed by atoms with Crippen molar-refractivity contribution in [1.29, 1.82) is 0 Å². The van der Waals surface area contributed by atoms with E-state index in [1.165, 1.54) is 0 Å². The number of carbonyl (C=O) groups excluding carboxylic acids is 1. The summed E-state index contributed by atoms with van der Waals surface area (Å²) in [6.07, 6.45) is 0.986. The van der Waals surface area contributed by atoms with Crippen LogP contribution in [-0.4, -0.2) is 24.8 Å². The Labute approximate surface area is 101 Å². The highest BCUT2D eigenvalue weighted by molar-refractivity contribution is 6.42. The van der Waals surface area contributed by atoms with Crippen molar-refractivity contribution in [3.8, 4) is 0 Å².